The monoisotopic (exact) mass is 386 g/mol. The molecule has 1 aromatic carbocycles. The lowest BCUT2D eigenvalue weighted by Crippen LogP contribution is -2.57. The molecule has 2 aromatic rings. The predicted octanol–water partition coefficient (Wildman–Crippen LogP) is 2.35. The Morgan fingerprint density at radius 3 is 2.78 bits per heavy atom. The molecular formula is C20H26N4O2S. The van der Waals surface area contributed by atoms with Crippen LogP contribution in [0.15, 0.2) is 18.2 Å². The number of ether oxygens (including phenoxy) is 1. The maximum absolute atomic E-state index is 13.0. The number of benzene rings is 1. The minimum atomic E-state index is -0.0201. The molecule has 0 saturated carbocycles. The molecule has 0 radical (unpaired) electrons. The van der Waals surface area contributed by atoms with Crippen molar-refractivity contribution in [3.05, 3.63) is 23.9 Å². The number of aromatic nitrogens is 1. The fraction of sp³-hybridized carbons (Fsp3) is 0.600. The van der Waals surface area contributed by atoms with Crippen LogP contribution in [0.5, 0.6) is 0 Å². The summed E-state index contributed by atoms with van der Waals surface area (Å²) in [5.74, 6) is 0.600. The molecule has 1 N–H and O–H groups in total. The Labute approximate surface area is 163 Å². The second-order valence-electron chi connectivity index (χ2n) is 8.02. The fourth-order valence-corrected chi connectivity index (χ4v) is 5.56. The third-order valence-electron chi connectivity index (χ3n) is 6.48. The molecule has 0 spiro atoms. The number of piperidine rings is 3. The van der Waals surface area contributed by atoms with Crippen molar-refractivity contribution >= 4 is 33.2 Å². The van der Waals surface area contributed by atoms with Gasteiger partial charge in [-0.15, -0.1) is 0 Å². The fourth-order valence-electron chi connectivity index (χ4n) is 4.81. The first kappa shape index (κ1) is 17.4. The van der Waals surface area contributed by atoms with E-state index in [1.165, 1.54) is 37.5 Å². The molecule has 144 valence electrons. The van der Waals surface area contributed by atoms with Gasteiger partial charge in [-0.05, 0) is 68.0 Å². The Bertz CT molecular complexity index is 846. The van der Waals surface area contributed by atoms with Crippen molar-refractivity contribution in [3.63, 3.8) is 0 Å². The van der Waals surface area contributed by atoms with Crippen molar-refractivity contribution in [1.29, 1.82) is 0 Å². The molecule has 4 aliphatic rings. The second-order valence-corrected chi connectivity index (χ2v) is 8.83. The van der Waals surface area contributed by atoms with E-state index in [1.807, 2.05) is 0 Å². The standard InChI is InChI=1S/C20H26N4O2S/c1-26-15-6-9-24(11-15)14-2-3-18-16(10-14)19(22-27-18)20(25)21-17-12-23-7-4-13(17)5-8-23/h2-3,10,13,15,17H,4-9,11-12H2,1H3,(H,21,25)/t15-,17+/m1/s1. The molecule has 6 nitrogen and oxygen atoms in total. The second kappa shape index (κ2) is 7.04. The number of carbonyl (C=O) groups is 1. The van der Waals surface area contributed by atoms with Crippen LogP contribution in [-0.2, 0) is 4.74 Å². The lowest BCUT2D eigenvalue weighted by atomic mass is 9.84. The summed E-state index contributed by atoms with van der Waals surface area (Å²) in [6.45, 7) is 5.23. The van der Waals surface area contributed by atoms with E-state index in [2.05, 4.69) is 37.7 Å². The molecule has 27 heavy (non-hydrogen) atoms. The first-order valence-corrected chi connectivity index (χ1v) is 10.7. The molecular weight excluding hydrogens is 360 g/mol. The van der Waals surface area contributed by atoms with Crippen molar-refractivity contribution < 1.29 is 9.53 Å². The van der Waals surface area contributed by atoms with Gasteiger partial charge in [-0.2, -0.15) is 4.37 Å². The van der Waals surface area contributed by atoms with Gasteiger partial charge in [-0.25, -0.2) is 0 Å². The van der Waals surface area contributed by atoms with Gasteiger partial charge in [0, 0.05) is 43.9 Å². The van der Waals surface area contributed by atoms with E-state index < -0.39 is 0 Å². The highest BCUT2D eigenvalue weighted by Gasteiger charge is 2.35. The van der Waals surface area contributed by atoms with Gasteiger partial charge >= 0.3 is 0 Å². The molecule has 0 unspecified atom stereocenters. The van der Waals surface area contributed by atoms with Gasteiger partial charge in [0.05, 0.1) is 10.8 Å². The van der Waals surface area contributed by atoms with Gasteiger partial charge in [0.15, 0.2) is 0 Å². The first-order valence-electron chi connectivity index (χ1n) is 9.91. The van der Waals surface area contributed by atoms with Crippen molar-refractivity contribution in [2.24, 2.45) is 5.92 Å². The number of fused-ring (bicyclic) bond motifs is 4. The van der Waals surface area contributed by atoms with Gasteiger partial charge in [-0.3, -0.25) is 4.79 Å². The molecule has 5 heterocycles. The normalized spacial score (nSPS) is 30.2. The van der Waals surface area contributed by atoms with E-state index in [0.29, 0.717) is 17.7 Å². The van der Waals surface area contributed by atoms with E-state index in [0.717, 1.165) is 41.8 Å². The predicted molar refractivity (Wildman–Crippen MR) is 108 cm³/mol. The van der Waals surface area contributed by atoms with E-state index in [4.69, 9.17) is 4.74 Å². The van der Waals surface area contributed by atoms with Crippen molar-refractivity contribution in [1.82, 2.24) is 14.6 Å². The van der Waals surface area contributed by atoms with Gasteiger partial charge in [0.2, 0.25) is 0 Å². The molecule has 2 bridgehead atoms. The van der Waals surface area contributed by atoms with Gasteiger partial charge < -0.3 is 19.9 Å². The molecule has 7 heteroatoms. The molecule has 1 amide bonds. The number of hydrogen-bond donors (Lipinski definition) is 1. The number of carbonyl (C=O) groups excluding carboxylic acids is 1. The smallest absolute Gasteiger partial charge is 0.271 e. The van der Waals surface area contributed by atoms with Gasteiger partial charge in [-0.1, -0.05) is 0 Å². The molecule has 4 saturated heterocycles. The molecule has 2 atom stereocenters. The van der Waals surface area contributed by atoms with Crippen LogP contribution in [0.3, 0.4) is 0 Å². The minimum Gasteiger partial charge on any atom is -0.380 e. The number of amides is 1. The lowest BCUT2D eigenvalue weighted by Gasteiger charge is -2.44. The maximum Gasteiger partial charge on any atom is 0.271 e. The van der Waals surface area contributed by atoms with Gasteiger partial charge in [0.25, 0.3) is 5.91 Å². The Kier molecular flexibility index (Phi) is 4.53. The lowest BCUT2D eigenvalue weighted by molar-refractivity contribution is 0.0619. The quantitative estimate of drug-likeness (QED) is 0.874. The van der Waals surface area contributed by atoms with Crippen molar-refractivity contribution in [3.8, 4) is 0 Å². The van der Waals surface area contributed by atoms with Crippen molar-refractivity contribution in [2.75, 3.05) is 44.7 Å². The van der Waals surface area contributed by atoms with E-state index in [-0.39, 0.29) is 11.9 Å². The largest absolute Gasteiger partial charge is 0.380 e. The minimum absolute atomic E-state index is 0.0201. The third kappa shape index (κ3) is 3.22. The molecule has 6 rings (SSSR count). The zero-order chi connectivity index (χ0) is 18.4. The highest BCUT2D eigenvalue weighted by molar-refractivity contribution is 7.13. The third-order valence-corrected chi connectivity index (χ3v) is 7.31. The summed E-state index contributed by atoms with van der Waals surface area (Å²) in [6, 6.07) is 6.62. The van der Waals surface area contributed by atoms with E-state index >= 15 is 0 Å². The van der Waals surface area contributed by atoms with Crippen LogP contribution in [0.25, 0.3) is 10.1 Å². The molecule has 1 aromatic heterocycles. The van der Waals surface area contributed by atoms with Crippen LogP contribution in [0.2, 0.25) is 0 Å². The number of nitrogens with one attached hydrogen (secondary N) is 1. The van der Waals surface area contributed by atoms with Gasteiger partial charge in [0.1, 0.15) is 5.69 Å². The summed E-state index contributed by atoms with van der Waals surface area (Å²) in [7, 11) is 1.77. The summed E-state index contributed by atoms with van der Waals surface area (Å²) in [6.07, 6.45) is 3.73. The number of hydrogen-bond acceptors (Lipinski definition) is 6. The first-order chi connectivity index (χ1) is 13.2. The van der Waals surface area contributed by atoms with Crippen LogP contribution in [0, 0.1) is 5.92 Å². The van der Waals surface area contributed by atoms with Crippen LogP contribution in [0.4, 0.5) is 5.69 Å². The number of rotatable bonds is 4. The highest BCUT2D eigenvalue weighted by atomic mass is 32.1. The van der Waals surface area contributed by atoms with E-state index in [9.17, 15) is 4.79 Å². The summed E-state index contributed by atoms with van der Waals surface area (Å²) in [5, 5.41) is 4.25. The summed E-state index contributed by atoms with van der Waals surface area (Å²) in [5.41, 5.74) is 1.73. The van der Waals surface area contributed by atoms with E-state index in [1.54, 1.807) is 7.11 Å². The summed E-state index contributed by atoms with van der Waals surface area (Å²) in [4.78, 5) is 17.8. The zero-order valence-electron chi connectivity index (χ0n) is 15.7. The SMILES string of the molecule is CO[C@@H]1CCN(c2ccc3snc(C(=O)N[C@H]4CN5CCC4CC5)c3c2)C1. The van der Waals surface area contributed by atoms with Crippen LogP contribution in [-0.4, -0.2) is 67.2 Å². The topological polar surface area (TPSA) is 57.7 Å². The highest BCUT2D eigenvalue weighted by Crippen LogP contribution is 2.31. The molecule has 4 aliphatic heterocycles. The number of nitrogens with zero attached hydrogens (tertiary/aromatic N) is 3. The Morgan fingerprint density at radius 2 is 2.07 bits per heavy atom. The summed E-state index contributed by atoms with van der Waals surface area (Å²) >= 11 is 1.41. The average molecular weight is 387 g/mol. The van der Waals surface area contributed by atoms with Crippen molar-refractivity contribution in [2.45, 2.75) is 31.4 Å². The number of anilines is 1. The van der Waals surface area contributed by atoms with Crippen LogP contribution >= 0.6 is 11.5 Å². The Balaban J connectivity index is 1.37. The maximum atomic E-state index is 13.0. The molecule has 4 fully saturated rings. The zero-order valence-corrected chi connectivity index (χ0v) is 16.5. The Morgan fingerprint density at radius 1 is 1.22 bits per heavy atom. The molecule has 0 aliphatic carbocycles. The average Bonchev–Trinajstić information content (AvgIpc) is 3.35. The Hall–Kier alpha value is -1.70. The van der Waals surface area contributed by atoms with Crippen LogP contribution in [0.1, 0.15) is 29.8 Å². The number of methoxy groups -OCH3 is 1. The summed E-state index contributed by atoms with van der Waals surface area (Å²) < 4.78 is 11.1. The van der Waals surface area contributed by atoms with Crippen LogP contribution < -0.4 is 10.2 Å².